The number of halogens is 2. The predicted molar refractivity (Wildman–Crippen MR) is 49.7 cm³/mol. The maximum absolute atomic E-state index is 12.0. The molecule has 0 atom stereocenters. The van der Waals surface area contributed by atoms with Gasteiger partial charge in [-0.15, -0.1) is 0 Å². The molecule has 0 saturated heterocycles. The highest BCUT2D eigenvalue weighted by molar-refractivity contribution is 5.57. The summed E-state index contributed by atoms with van der Waals surface area (Å²) in [5.74, 6) is 0.217. The molecule has 2 nitrogen and oxygen atoms in total. The van der Waals surface area contributed by atoms with Gasteiger partial charge in [0.15, 0.2) is 0 Å². The van der Waals surface area contributed by atoms with Crippen LogP contribution < -0.4 is 10.1 Å². The highest BCUT2D eigenvalue weighted by Gasteiger charge is 2.22. The fraction of sp³-hybridized carbons (Fsp3) is 0.400. The second-order valence-corrected chi connectivity index (χ2v) is 3.29. The lowest BCUT2D eigenvalue weighted by molar-refractivity contribution is -0.0493. The van der Waals surface area contributed by atoms with Gasteiger partial charge in [0.25, 0.3) is 0 Å². The van der Waals surface area contributed by atoms with Gasteiger partial charge >= 0.3 is 6.61 Å². The third-order valence-corrected chi connectivity index (χ3v) is 2.04. The summed E-state index contributed by atoms with van der Waals surface area (Å²) < 4.78 is 28.4. The quantitative estimate of drug-likeness (QED) is 0.805. The zero-order valence-corrected chi connectivity index (χ0v) is 7.54. The standard InChI is InChI=1S/C10H11F2NO/c11-10(12)14-9-4-2-1-3-8(9)13-7-5-6-7/h1-4,7,10,13H,5-6H2. The maximum atomic E-state index is 12.0. The second kappa shape index (κ2) is 3.82. The van der Waals surface area contributed by atoms with Crippen LogP contribution >= 0.6 is 0 Å². The third-order valence-electron chi connectivity index (χ3n) is 2.04. The van der Waals surface area contributed by atoms with Crippen molar-refractivity contribution in [2.75, 3.05) is 5.32 Å². The van der Waals surface area contributed by atoms with E-state index in [1.54, 1.807) is 18.2 Å². The van der Waals surface area contributed by atoms with Crippen molar-refractivity contribution in [1.29, 1.82) is 0 Å². The minimum absolute atomic E-state index is 0.217. The van der Waals surface area contributed by atoms with Gasteiger partial charge in [-0.2, -0.15) is 8.78 Å². The molecule has 1 N–H and O–H groups in total. The largest absolute Gasteiger partial charge is 0.433 e. The fourth-order valence-corrected chi connectivity index (χ4v) is 1.23. The van der Waals surface area contributed by atoms with Crippen molar-refractivity contribution in [3.05, 3.63) is 24.3 Å². The smallest absolute Gasteiger partial charge is 0.387 e. The minimum atomic E-state index is -2.77. The molecule has 0 aliphatic heterocycles. The van der Waals surface area contributed by atoms with E-state index in [9.17, 15) is 8.78 Å². The predicted octanol–water partition coefficient (Wildman–Crippen LogP) is 2.86. The van der Waals surface area contributed by atoms with E-state index in [0.717, 1.165) is 12.8 Å². The van der Waals surface area contributed by atoms with Crippen molar-refractivity contribution in [2.24, 2.45) is 0 Å². The van der Waals surface area contributed by atoms with Crippen LogP contribution in [0.15, 0.2) is 24.3 Å². The van der Waals surface area contributed by atoms with Gasteiger partial charge in [0.1, 0.15) is 5.75 Å². The van der Waals surface area contributed by atoms with Crippen LogP contribution in [-0.2, 0) is 0 Å². The molecule has 1 aliphatic carbocycles. The van der Waals surface area contributed by atoms with Crippen molar-refractivity contribution in [3.63, 3.8) is 0 Å². The van der Waals surface area contributed by atoms with Gasteiger partial charge < -0.3 is 10.1 Å². The molecule has 0 aromatic heterocycles. The Balaban J connectivity index is 2.10. The molecule has 0 bridgehead atoms. The van der Waals surface area contributed by atoms with E-state index >= 15 is 0 Å². The molecule has 0 amide bonds. The second-order valence-electron chi connectivity index (χ2n) is 3.29. The topological polar surface area (TPSA) is 21.3 Å². The number of ether oxygens (including phenoxy) is 1. The molecule has 4 heteroatoms. The summed E-state index contributed by atoms with van der Waals surface area (Å²) in [5.41, 5.74) is 0.648. The van der Waals surface area contributed by atoms with Crippen LogP contribution in [0.25, 0.3) is 0 Å². The molecule has 0 heterocycles. The molecule has 2 rings (SSSR count). The first-order chi connectivity index (χ1) is 6.75. The van der Waals surface area contributed by atoms with Crippen LogP contribution in [-0.4, -0.2) is 12.7 Å². The molecule has 76 valence electrons. The first kappa shape index (κ1) is 9.24. The minimum Gasteiger partial charge on any atom is -0.433 e. The third kappa shape index (κ3) is 2.34. The molecule has 14 heavy (non-hydrogen) atoms. The lowest BCUT2D eigenvalue weighted by Gasteiger charge is -2.11. The Hall–Kier alpha value is -1.32. The number of para-hydroxylation sites is 2. The summed E-state index contributed by atoms with van der Waals surface area (Å²) in [7, 11) is 0. The van der Waals surface area contributed by atoms with Crippen LogP contribution in [0, 0.1) is 0 Å². The van der Waals surface area contributed by atoms with Gasteiger partial charge in [-0.3, -0.25) is 0 Å². The maximum Gasteiger partial charge on any atom is 0.387 e. The molecule has 1 aliphatic rings. The number of nitrogens with one attached hydrogen (secondary N) is 1. The van der Waals surface area contributed by atoms with Crippen molar-refractivity contribution < 1.29 is 13.5 Å². The van der Waals surface area contributed by atoms with Gasteiger partial charge in [0.05, 0.1) is 5.69 Å². The van der Waals surface area contributed by atoms with Gasteiger partial charge in [-0.1, -0.05) is 12.1 Å². The van der Waals surface area contributed by atoms with E-state index in [1.165, 1.54) is 6.07 Å². The monoisotopic (exact) mass is 199 g/mol. The highest BCUT2D eigenvalue weighted by atomic mass is 19.3. The molecule has 1 aromatic carbocycles. The van der Waals surface area contributed by atoms with Gasteiger partial charge in [0.2, 0.25) is 0 Å². The van der Waals surface area contributed by atoms with E-state index in [-0.39, 0.29) is 5.75 Å². The van der Waals surface area contributed by atoms with Crippen molar-refractivity contribution >= 4 is 5.69 Å². The first-order valence-corrected chi connectivity index (χ1v) is 4.56. The Morgan fingerprint density at radius 2 is 2.00 bits per heavy atom. The van der Waals surface area contributed by atoms with Crippen LogP contribution in [0.3, 0.4) is 0 Å². The number of hydrogen-bond donors (Lipinski definition) is 1. The molecule has 0 radical (unpaired) electrons. The molecule has 1 aromatic rings. The van der Waals surface area contributed by atoms with E-state index in [2.05, 4.69) is 10.1 Å². The van der Waals surface area contributed by atoms with E-state index < -0.39 is 6.61 Å². The van der Waals surface area contributed by atoms with Crippen molar-refractivity contribution in [2.45, 2.75) is 25.5 Å². The average Bonchev–Trinajstić information content (AvgIpc) is 2.91. The lowest BCUT2D eigenvalue weighted by atomic mass is 10.3. The summed E-state index contributed by atoms with van der Waals surface area (Å²) in [6, 6.07) is 7.18. The Kier molecular flexibility index (Phi) is 2.52. The summed E-state index contributed by atoms with van der Waals surface area (Å²) >= 11 is 0. The average molecular weight is 199 g/mol. The van der Waals surface area contributed by atoms with Crippen LogP contribution in [0.2, 0.25) is 0 Å². The zero-order chi connectivity index (χ0) is 9.97. The van der Waals surface area contributed by atoms with Gasteiger partial charge in [-0.25, -0.2) is 0 Å². The van der Waals surface area contributed by atoms with Crippen molar-refractivity contribution in [1.82, 2.24) is 0 Å². The SMILES string of the molecule is FC(F)Oc1ccccc1NC1CC1. The molecule has 0 unspecified atom stereocenters. The molecular weight excluding hydrogens is 188 g/mol. The Labute approximate surface area is 80.9 Å². The summed E-state index contributed by atoms with van der Waals surface area (Å²) in [4.78, 5) is 0. The molecular formula is C10H11F2NO. The zero-order valence-electron chi connectivity index (χ0n) is 7.54. The van der Waals surface area contributed by atoms with E-state index in [1.807, 2.05) is 0 Å². The summed E-state index contributed by atoms with van der Waals surface area (Å²) in [5, 5.41) is 3.13. The van der Waals surface area contributed by atoms with Crippen molar-refractivity contribution in [3.8, 4) is 5.75 Å². The lowest BCUT2D eigenvalue weighted by Crippen LogP contribution is -2.07. The Morgan fingerprint density at radius 3 is 2.64 bits per heavy atom. The fourth-order valence-electron chi connectivity index (χ4n) is 1.23. The highest BCUT2D eigenvalue weighted by Crippen LogP contribution is 2.31. The first-order valence-electron chi connectivity index (χ1n) is 4.56. The van der Waals surface area contributed by atoms with Gasteiger partial charge in [0, 0.05) is 6.04 Å². The molecule has 1 fully saturated rings. The summed E-state index contributed by atoms with van der Waals surface area (Å²) in [6.45, 7) is -2.77. The number of alkyl halides is 2. The van der Waals surface area contributed by atoms with Gasteiger partial charge in [-0.05, 0) is 25.0 Å². The Bertz CT molecular complexity index is 290. The Morgan fingerprint density at radius 1 is 1.29 bits per heavy atom. The van der Waals surface area contributed by atoms with E-state index in [0.29, 0.717) is 11.7 Å². The van der Waals surface area contributed by atoms with Crippen LogP contribution in [0.4, 0.5) is 14.5 Å². The number of hydrogen-bond acceptors (Lipinski definition) is 2. The normalized spacial score (nSPS) is 15.6. The molecule has 1 saturated carbocycles. The van der Waals surface area contributed by atoms with Crippen LogP contribution in [0.5, 0.6) is 5.75 Å². The van der Waals surface area contributed by atoms with Crippen LogP contribution in [0.1, 0.15) is 12.8 Å². The number of anilines is 1. The number of benzene rings is 1. The number of rotatable bonds is 4. The summed E-state index contributed by atoms with van der Waals surface area (Å²) in [6.07, 6.45) is 2.20. The van der Waals surface area contributed by atoms with E-state index in [4.69, 9.17) is 0 Å². The molecule has 0 spiro atoms.